The fraction of sp³-hybridized carbons (Fsp3) is 0.438. The number of fused-ring (bicyclic) bond motifs is 1. The van der Waals surface area contributed by atoms with Gasteiger partial charge in [0.1, 0.15) is 11.3 Å². The fourth-order valence-electron chi connectivity index (χ4n) is 2.27. The number of aliphatic hydroxyl groups excluding tert-OH is 1. The second kappa shape index (κ2) is 6.57. The van der Waals surface area contributed by atoms with Crippen LogP contribution in [0.15, 0.2) is 24.3 Å². The highest BCUT2D eigenvalue weighted by molar-refractivity contribution is 5.95. The van der Waals surface area contributed by atoms with Gasteiger partial charge >= 0.3 is 0 Å². The molecule has 0 bridgehead atoms. The Kier molecular flexibility index (Phi) is 4.79. The monoisotopic (exact) mass is 274 g/mol. The zero-order valence-electron chi connectivity index (χ0n) is 12.3. The number of anilines is 1. The van der Waals surface area contributed by atoms with Gasteiger partial charge in [-0.2, -0.15) is 0 Å². The van der Waals surface area contributed by atoms with Crippen molar-refractivity contribution < 1.29 is 9.84 Å². The lowest BCUT2D eigenvalue weighted by atomic mass is 10.1. The molecule has 2 N–H and O–H groups in total. The van der Waals surface area contributed by atoms with E-state index in [1.807, 2.05) is 31.2 Å². The molecule has 0 spiro atoms. The standard InChI is InChI=1S/C16H22N2O2/c1-11(7-8-19)10-17-14-9-12(2)18-16-13(14)5-4-6-15(16)20-3/h4-6,9,11,19H,7-8,10H2,1-3H3,(H,17,18). The number of benzene rings is 1. The summed E-state index contributed by atoms with van der Waals surface area (Å²) in [7, 11) is 1.66. The summed E-state index contributed by atoms with van der Waals surface area (Å²) in [5.41, 5.74) is 2.91. The van der Waals surface area contributed by atoms with Crippen LogP contribution in [0.1, 0.15) is 19.0 Å². The van der Waals surface area contributed by atoms with Gasteiger partial charge in [0.05, 0.1) is 7.11 Å². The Hall–Kier alpha value is -1.81. The number of aryl methyl sites for hydroxylation is 1. The molecular weight excluding hydrogens is 252 g/mol. The largest absolute Gasteiger partial charge is 0.494 e. The maximum Gasteiger partial charge on any atom is 0.145 e. The maximum absolute atomic E-state index is 8.96. The molecule has 0 aliphatic rings. The third-order valence-electron chi connectivity index (χ3n) is 3.41. The summed E-state index contributed by atoms with van der Waals surface area (Å²) in [6, 6.07) is 7.99. The van der Waals surface area contributed by atoms with Crippen molar-refractivity contribution in [3.8, 4) is 5.75 Å². The molecule has 1 aromatic heterocycles. The molecule has 0 amide bonds. The van der Waals surface area contributed by atoms with Gasteiger partial charge < -0.3 is 15.2 Å². The molecule has 108 valence electrons. The molecule has 1 heterocycles. The lowest BCUT2D eigenvalue weighted by molar-refractivity contribution is 0.266. The van der Waals surface area contributed by atoms with E-state index >= 15 is 0 Å². The molecule has 0 saturated carbocycles. The van der Waals surface area contributed by atoms with Crippen molar-refractivity contribution in [1.29, 1.82) is 0 Å². The smallest absolute Gasteiger partial charge is 0.145 e. The maximum atomic E-state index is 8.96. The fourth-order valence-corrected chi connectivity index (χ4v) is 2.27. The van der Waals surface area contributed by atoms with Crippen LogP contribution in [-0.2, 0) is 0 Å². The Morgan fingerprint density at radius 2 is 2.20 bits per heavy atom. The molecule has 20 heavy (non-hydrogen) atoms. The van der Waals surface area contributed by atoms with Gasteiger partial charge in [0.15, 0.2) is 0 Å². The Morgan fingerprint density at radius 3 is 2.90 bits per heavy atom. The predicted molar refractivity (Wildman–Crippen MR) is 82.4 cm³/mol. The van der Waals surface area contributed by atoms with Gasteiger partial charge in [-0.1, -0.05) is 19.1 Å². The van der Waals surface area contributed by atoms with Gasteiger partial charge in [0, 0.05) is 29.9 Å². The van der Waals surface area contributed by atoms with E-state index in [-0.39, 0.29) is 6.61 Å². The number of hydrogen-bond donors (Lipinski definition) is 2. The first-order valence-electron chi connectivity index (χ1n) is 6.94. The average molecular weight is 274 g/mol. The molecule has 0 fully saturated rings. The van der Waals surface area contributed by atoms with Crippen molar-refractivity contribution in [3.05, 3.63) is 30.0 Å². The van der Waals surface area contributed by atoms with Crippen molar-refractivity contribution in [2.45, 2.75) is 20.3 Å². The van der Waals surface area contributed by atoms with Crippen molar-refractivity contribution in [2.75, 3.05) is 25.6 Å². The number of nitrogens with zero attached hydrogens (tertiary/aromatic N) is 1. The van der Waals surface area contributed by atoms with Gasteiger partial charge in [0.25, 0.3) is 0 Å². The SMILES string of the molecule is COc1cccc2c(NCC(C)CCO)cc(C)nc12. The highest BCUT2D eigenvalue weighted by atomic mass is 16.5. The number of rotatable bonds is 6. The topological polar surface area (TPSA) is 54.4 Å². The summed E-state index contributed by atoms with van der Waals surface area (Å²) in [6.07, 6.45) is 0.804. The molecule has 2 rings (SSSR count). The normalized spacial score (nSPS) is 12.4. The Balaban J connectivity index is 2.33. The molecule has 4 nitrogen and oxygen atoms in total. The van der Waals surface area contributed by atoms with E-state index in [2.05, 4.69) is 17.2 Å². The number of ether oxygens (including phenoxy) is 1. The second-order valence-electron chi connectivity index (χ2n) is 5.17. The summed E-state index contributed by atoms with van der Waals surface area (Å²) in [6.45, 7) is 5.16. The zero-order valence-corrected chi connectivity index (χ0v) is 12.3. The van der Waals surface area contributed by atoms with Crippen LogP contribution in [0.4, 0.5) is 5.69 Å². The van der Waals surface area contributed by atoms with Crippen LogP contribution in [0.25, 0.3) is 10.9 Å². The van der Waals surface area contributed by atoms with Gasteiger partial charge in [-0.25, -0.2) is 4.98 Å². The Bertz CT molecular complexity index is 584. The van der Waals surface area contributed by atoms with E-state index in [4.69, 9.17) is 9.84 Å². The number of methoxy groups -OCH3 is 1. The number of pyridine rings is 1. The third kappa shape index (κ3) is 3.20. The summed E-state index contributed by atoms with van der Waals surface area (Å²) in [5, 5.41) is 13.5. The number of aromatic nitrogens is 1. The lowest BCUT2D eigenvalue weighted by Gasteiger charge is -2.15. The highest BCUT2D eigenvalue weighted by Gasteiger charge is 2.09. The molecule has 1 unspecified atom stereocenters. The summed E-state index contributed by atoms with van der Waals surface area (Å²) < 4.78 is 5.38. The molecule has 0 saturated heterocycles. The first-order chi connectivity index (χ1) is 9.65. The quantitative estimate of drug-likeness (QED) is 0.850. The minimum absolute atomic E-state index is 0.229. The Morgan fingerprint density at radius 1 is 1.40 bits per heavy atom. The van der Waals surface area contributed by atoms with E-state index in [0.29, 0.717) is 5.92 Å². The summed E-state index contributed by atoms with van der Waals surface area (Å²) >= 11 is 0. The van der Waals surface area contributed by atoms with Crippen molar-refractivity contribution in [1.82, 2.24) is 4.98 Å². The van der Waals surface area contributed by atoms with Crippen molar-refractivity contribution >= 4 is 16.6 Å². The van der Waals surface area contributed by atoms with Crippen LogP contribution in [0.2, 0.25) is 0 Å². The van der Waals surface area contributed by atoms with E-state index in [9.17, 15) is 0 Å². The molecule has 2 aromatic rings. The van der Waals surface area contributed by atoms with Gasteiger partial charge in [-0.05, 0) is 31.4 Å². The molecule has 1 atom stereocenters. The summed E-state index contributed by atoms with van der Waals surface area (Å²) in [4.78, 5) is 4.57. The van der Waals surface area contributed by atoms with E-state index in [1.165, 1.54) is 0 Å². The number of aliphatic hydroxyl groups is 1. The average Bonchev–Trinajstić information content (AvgIpc) is 2.44. The van der Waals surface area contributed by atoms with Gasteiger partial charge in [0.2, 0.25) is 0 Å². The van der Waals surface area contributed by atoms with E-state index < -0.39 is 0 Å². The Labute approximate surface area is 119 Å². The van der Waals surface area contributed by atoms with Crippen LogP contribution < -0.4 is 10.1 Å². The molecule has 4 heteroatoms. The summed E-state index contributed by atoms with van der Waals surface area (Å²) in [5.74, 6) is 1.21. The number of para-hydroxylation sites is 1. The molecule has 0 aliphatic heterocycles. The highest BCUT2D eigenvalue weighted by Crippen LogP contribution is 2.29. The molecule has 1 aromatic carbocycles. The lowest BCUT2D eigenvalue weighted by Crippen LogP contribution is -2.13. The van der Waals surface area contributed by atoms with Crippen LogP contribution in [0.3, 0.4) is 0 Å². The number of hydrogen-bond acceptors (Lipinski definition) is 4. The van der Waals surface area contributed by atoms with Crippen LogP contribution in [0.5, 0.6) is 5.75 Å². The van der Waals surface area contributed by atoms with Crippen LogP contribution >= 0.6 is 0 Å². The first-order valence-corrected chi connectivity index (χ1v) is 6.94. The van der Waals surface area contributed by atoms with Gasteiger partial charge in [-0.15, -0.1) is 0 Å². The zero-order chi connectivity index (χ0) is 14.5. The minimum Gasteiger partial charge on any atom is -0.494 e. The van der Waals surface area contributed by atoms with Crippen LogP contribution in [0, 0.1) is 12.8 Å². The number of nitrogens with one attached hydrogen (secondary N) is 1. The van der Waals surface area contributed by atoms with Crippen molar-refractivity contribution in [2.24, 2.45) is 5.92 Å². The molecule has 0 radical (unpaired) electrons. The van der Waals surface area contributed by atoms with E-state index in [0.717, 1.165) is 41.0 Å². The second-order valence-corrected chi connectivity index (χ2v) is 5.17. The first kappa shape index (κ1) is 14.6. The minimum atomic E-state index is 0.229. The molecular formula is C16H22N2O2. The van der Waals surface area contributed by atoms with Crippen LogP contribution in [-0.4, -0.2) is 30.4 Å². The van der Waals surface area contributed by atoms with Gasteiger partial charge in [-0.3, -0.25) is 0 Å². The predicted octanol–water partition coefficient (Wildman–Crippen LogP) is 2.98. The van der Waals surface area contributed by atoms with Crippen molar-refractivity contribution in [3.63, 3.8) is 0 Å². The third-order valence-corrected chi connectivity index (χ3v) is 3.41. The van der Waals surface area contributed by atoms with E-state index in [1.54, 1.807) is 7.11 Å². The molecule has 0 aliphatic carbocycles.